The monoisotopic (exact) mass is 248 g/mol. The van der Waals surface area contributed by atoms with Gasteiger partial charge in [-0.15, -0.1) is 11.8 Å². The van der Waals surface area contributed by atoms with E-state index in [4.69, 9.17) is 0 Å². The van der Waals surface area contributed by atoms with Crippen molar-refractivity contribution in [2.24, 2.45) is 0 Å². The van der Waals surface area contributed by atoms with Gasteiger partial charge in [-0.3, -0.25) is 0 Å². The lowest BCUT2D eigenvalue weighted by molar-refractivity contribution is 0.800. The average molecular weight is 248 g/mol. The first kappa shape index (κ1) is 14.4. The Morgan fingerprint density at radius 1 is 1.12 bits per heavy atom. The predicted molar refractivity (Wildman–Crippen MR) is 80.3 cm³/mol. The molecule has 1 aromatic rings. The first-order valence-electron chi connectivity index (χ1n) is 6.63. The molecule has 0 amide bonds. The lowest BCUT2D eigenvalue weighted by atomic mass is 10.1. The summed E-state index contributed by atoms with van der Waals surface area (Å²) in [5, 5.41) is 0. The molecular weight excluding hydrogens is 224 g/mol. The van der Waals surface area contributed by atoms with Crippen LogP contribution in [0.25, 0.3) is 0 Å². The third-order valence-corrected chi connectivity index (χ3v) is 4.40. The average Bonchev–Trinajstić information content (AvgIpc) is 2.39. The van der Waals surface area contributed by atoms with E-state index < -0.39 is 0 Å². The molecule has 0 aliphatic carbocycles. The molecule has 0 radical (unpaired) electrons. The Hall–Kier alpha value is -0.690. The highest BCUT2D eigenvalue weighted by molar-refractivity contribution is 8.02. The molecule has 0 N–H and O–H groups in total. The second-order valence-corrected chi connectivity index (χ2v) is 5.51. The van der Waals surface area contributed by atoms with Crippen molar-refractivity contribution in [3.8, 4) is 0 Å². The van der Waals surface area contributed by atoms with E-state index in [-0.39, 0.29) is 0 Å². The highest BCUT2D eigenvalue weighted by Crippen LogP contribution is 2.29. The molecule has 0 spiro atoms. The topological polar surface area (TPSA) is 0 Å². The van der Waals surface area contributed by atoms with E-state index in [0.29, 0.717) is 0 Å². The van der Waals surface area contributed by atoms with Crippen LogP contribution in [0.5, 0.6) is 0 Å². The third-order valence-electron chi connectivity index (χ3n) is 3.02. The van der Waals surface area contributed by atoms with Crippen LogP contribution in [-0.2, 0) is 5.75 Å². The van der Waals surface area contributed by atoms with Crippen LogP contribution in [0.4, 0.5) is 0 Å². The van der Waals surface area contributed by atoms with Crippen molar-refractivity contribution < 1.29 is 0 Å². The van der Waals surface area contributed by atoms with Gasteiger partial charge in [0.15, 0.2) is 0 Å². The number of hydrogen-bond donors (Lipinski definition) is 0. The highest BCUT2D eigenvalue weighted by Gasteiger charge is 2.03. The summed E-state index contributed by atoms with van der Waals surface area (Å²) in [4.78, 5) is 1.61. The Morgan fingerprint density at radius 2 is 1.82 bits per heavy atom. The Bertz CT molecular complexity index is 338. The van der Waals surface area contributed by atoms with E-state index in [0.717, 1.165) is 5.75 Å². The molecule has 0 aliphatic rings. The van der Waals surface area contributed by atoms with E-state index in [1.165, 1.54) is 31.2 Å². The maximum Gasteiger partial charge on any atom is 0.0228 e. The van der Waals surface area contributed by atoms with Crippen LogP contribution in [-0.4, -0.2) is 0 Å². The summed E-state index contributed by atoms with van der Waals surface area (Å²) in [6, 6.07) is 10.8. The van der Waals surface area contributed by atoms with Gasteiger partial charge in [0.25, 0.3) is 0 Å². The van der Waals surface area contributed by atoms with Gasteiger partial charge in [0.1, 0.15) is 0 Å². The fourth-order valence-electron chi connectivity index (χ4n) is 1.69. The summed E-state index contributed by atoms with van der Waals surface area (Å²) < 4.78 is 0. The van der Waals surface area contributed by atoms with Crippen molar-refractivity contribution >= 4 is 11.8 Å². The molecule has 0 aromatic heterocycles. The molecule has 94 valence electrons. The quantitative estimate of drug-likeness (QED) is 0.588. The zero-order valence-electron chi connectivity index (χ0n) is 11.3. The molecule has 0 nitrogen and oxygen atoms in total. The van der Waals surface area contributed by atoms with Crippen LogP contribution in [0, 0.1) is 0 Å². The minimum atomic E-state index is 1.11. The van der Waals surface area contributed by atoms with Crippen LogP contribution in [0.1, 0.15) is 52.0 Å². The summed E-state index contributed by atoms with van der Waals surface area (Å²) in [6.45, 7) is 6.80. The van der Waals surface area contributed by atoms with Crippen molar-refractivity contribution in [3.63, 3.8) is 0 Å². The Kier molecular flexibility index (Phi) is 7.11. The van der Waals surface area contributed by atoms with Crippen molar-refractivity contribution in [1.82, 2.24) is 0 Å². The Labute approximate surface area is 111 Å². The smallest absolute Gasteiger partial charge is 0.0228 e. The first-order chi connectivity index (χ1) is 8.27. The van der Waals surface area contributed by atoms with Gasteiger partial charge in [-0.2, -0.15) is 0 Å². The molecular formula is C16H24S. The van der Waals surface area contributed by atoms with Crippen molar-refractivity contribution in [3.05, 3.63) is 46.4 Å². The molecule has 17 heavy (non-hydrogen) atoms. The van der Waals surface area contributed by atoms with Crippen LogP contribution >= 0.6 is 11.8 Å². The van der Waals surface area contributed by atoms with Gasteiger partial charge in [0.2, 0.25) is 0 Å². The van der Waals surface area contributed by atoms with Crippen LogP contribution < -0.4 is 0 Å². The second-order valence-electron chi connectivity index (χ2n) is 4.43. The largest absolute Gasteiger partial charge is 0.126 e. The normalized spacial score (nSPS) is 12.4. The number of thioether (sulfide) groups is 1. The predicted octanol–water partition coefficient (Wildman–Crippen LogP) is 5.79. The van der Waals surface area contributed by atoms with Gasteiger partial charge >= 0.3 is 0 Å². The van der Waals surface area contributed by atoms with Gasteiger partial charge in [-0.1, -0.05) is 56.2 Å². The lowest BCUT2D eigenvalue weighted by Gasteiger charge is -2.10. The SMILES string of the molecule is CCCCC(SCc1ccccc1)=C(C)CC. The standard InChI is InChI=1S/C16H24S/c1-4-6-12-16(14(3)5-2)17-13-15-10-8-7-9-11-15/h7-11H,4-6,12-13H2,1-3H3. The van der Waals surface area contributed by atoms with Gasteiger partial charge in [-0.25, -0.2) is 0 Å². The molecule has 1 rings (SSSR count). The first-order valence-corrected chi connectivity index (χ1v) is 7.61. The van der Waals surface area contributed by atoms with Crippen LogP contribution in [0.2, 0.25) is 0 Å². The minimum absolute atomic E-state index is 1.11. The Morgan fingerprint density at radius 3 is 2.41 bits per heavy atom. The van der Waals surface area contributed by atoms with E-state index in [2.05, 4.69) is 51.1 Å². The molecule has 0 saturated carbocycles. The van der Waals surface area contributed by atoms with Crippen LogP contribution in [0.3, 0.4) is 0 Å². The summed E-state index contributed by atoms with van der Waals surface area (Å²) in [5.41, 5.74) is 3.00. The maximum absolute atomic E-state index is 2.28. The van der Waals surface area contributed by atoms with Gasteiger partial charge < -0.3 is 0 Å². The number of benzene rings is 1. The van der Waals surface area contributed by atoms with Crippen molar-refractivity contribution in [1.29, 1.82) is 0 Å². The summed E-state index contributed by atoms with van der Waals surface area (Å²) in [5.74, 6) is 1.11. The fraction of sp³-hybridized carbons (Fsp3) is 0.500. The minimum Gasteiger partial charge on any atom is -0.126 e. The van der Waals surface area contributed by atoms with E-state index in [1.54, 1.807) is 10.5 Å². The molecule has 0 aliphatic heterocycles. The third kappa shape index (κ3) is 5.45. The molecule has 0 fully saturated rings. The van der Waals surface area contributed by atoms with Gasteiger partial charge in [0, 0.05) is 5.75 Å². The van der Waals surface area contributed by atoms with Gasteiger partial charge in [0.05, 0.1) is 0 Å². The molecule has 0 saturated heterocycles. The summed E-state index contributed by atoms with van der Waals surface area (Å²) in [7, 11) is 0. The molecule has 0 atom stereocenters. The molecule has 0 bridgehead atoms. The second kappa shape index (κ2) is 8.41. The van der Waals surface area contributed by atoms with E-state index in [1.807, 2.05) is 11.8 Å². The number of rotatable bonds is 7. The molecule has 1 heteroatoms. The lowest BCUT2D eigenvalue weighted by Crippen LogP contribution is -1.87. The summed E-state index contributed by atoms with van der Waals surface area (Å²) >= 11 is 2.03. The zero-order valence-corrected chi connectivity index (χ0v) is 12.1. The fourth-order valence-corrected chi connectivity index (χ4v) is 2.90. The van der Waals surface area contributed by atoms with Crippen LogP contribution in [0.15, 0.2) is 40.8 Å². The van der Waals surface area contributed by atoms with Crippen molar-refractivity contribution in [2.75, 3.05) is 0 Å². The molecule has 0 heterocycles. The molecule has 1 aromatic carbocycles. The number of allylic oxidation sites excluding steroid dienone is 2. The zero-order chi connectivity index (χ0) is 12.5. The number of unbranched alkanes of at least 4 members (excludes halogenated alkanes) is 1. The highest BCUT2D eigenvalue weighted by atomic mass is 32.2. The molecule has 0 unspecified atom stereocenters. The van der Waals surface area contributed by atoms with Crippen molar-refractivity contribution in [2.45, 2.75) is 52.2 Å². The van der Waals surface area contributed by atoms with E-state index >= 15 is 0 Å². The summed E-state index contributed by atoms with van der Waals surface area (Å²) in [6.07, 6.45) is 5.04. The van der Waals surface area contributed by atoms with E-state index in [9.17, 15) is 0 Å². The van der Waals surface area contributed by atoms with Gasteiger partial charge in [-0.05, 0) is 36.7 Å². The number of hydrogen-bond acceptors (Lipinski definition) is 1. The Balaban J connectivity index is 2.55. The maximum atomic E-state index is 2.28.